The molecule has 1 N–H and O–H groups in total. The van der Waals surface area contributed by atoms with Gasteiger partial charge in [0.15, 0.2) is 0 Å². The zero-order chi connectivity index (χ0) is 9.40. The van der Waals surface area contributed by atoms with E-state index in [0.29, 0.717) is 12.3 Å². The largest absolute Gasteiger partial charge is 0.469 e. The molecule has 0 unspecified atom stereocenters. The maximum Gasteiger partial charge on any atom is 0.305 e. The number of esters is 1. The van der Waals surface area contributed by atoms with Crippen LogP contribution < -0.4 is 0 Å². The predicted octanol–water partition coefficient (Wildman–Crippen LogP) is 1.35. The highest BCUT2D eigenvalue weighted by Gasteiger charge is 2.06. The summed E-state index contributed by atoms with van der Waals surface area (Å²) in [7, 11) is 1.39. The smallest absolute Gasteiger partial charge is 0.305 e. The van der Waals surface area contributed by atoms with Gasteiger partial charge in [-0.3, -0.25) is 4.79 Å². The molecule has 0 aromatic carbocycles. The van der Waals surface area contributed by atoms with E-state index in [1.54, 1.807) is 0 Å². The molecule has 12 heavy (non-hydrogen) atoms. The van der Waals surface area contributed by atoms with Crippen molar-refractivity contribution in [2.75, 3.05) is 13.7 Å². The molecule has 3 heteroatoms. The molecule has 0 aromatic rings. The standard InChI is InChI=1S/C9H18O3/c1-3-8(7-10)5-4-6-9(11)12-2/h8,10H,3-7H2,1-2H3/t8-/m0/s1. The Morgan fingerprint density at radius 2 is 2.25 bits per heavy atom. The number of aliphatic hydroxyl groups excluding tert-OH is 1. The summed E-state index contributed by atoms with van der Waals surface area (Å²) < 4.78 is 4.50. The van der Waals surface area contributed by atoms with Crippen LogP contribution in [0.1, 0.15) is 32.6 Å². The highest BCUT2D eigenvalue weighted by atomic mass is 16.5. The average molecular weight is 174 g/mol. The third kappa shape index (κ3) is 5.13. The highest BCUT2D eigenvalue weighted by molar-refractivity contribution is 5.68. The Morgan fingerprint density at radius 1 is 1.58 bits per heavy atom. The molecule has 0 bridgehead atoms. The Bertz CT molecular complexity index is 119. The number of rotatable bonds is 6. The van der Waals surface area contributed by atoms with Crippen LogP contribution in [0.5, 0.6) is 0 Å². The second-order valence-corrected chi connectivity index (χ2v) is 2.93. The molecule has 0 aliphatic heterocycles. The topological polar surface area (TPSA) is 46.5 Å². The lowest BCUT2D eigenvalue weighted by atomic mass is 10.0. The van der Waals surface area contributed by atoms with Gasteiger partial charge in [-0.15, -0.1) is 0 Å². The van der Waals surface area contributed by atoms with Crippen molar-refractivity contribution < 1.29 is 14.6 Å². The van der Waals surface area contributed by atoms with Crippen LogP contribution >= 0.6 is 0 Å². The summed E-state index contributed by atoms with van der Waals surface area (Å²) in [5, 5.41) is 8.83. The minimum atomic E-state index is -0.164. The molecule has 0 saturated heterocycles. The number of aliphatic hydroxyl groups is 1. The van der Waals surface area contributed by atoms with E-state index >= 15 is 0 Å². The van der Waals surface area contributed by atoms with E-state index in [2.05, 4.69) is 4.74 Å². The normalized spacial score (nSPS) is 12.6. The third-order valence-electron chi connectivity index (χ3n) is 2.06. The first-order chi connectivity index (χ1) is 5.74. The summed E-state index contributed by atoms with van der Waals surface area (Å²) >= 11 is 0. The van der Waals surface area contributed by atoms with Crippen LogP contribution in [-0.2, 0) is 9.53 Å². The minimum Gasteiger partial charge on any atom is -0.469 e. The van der Waals surface area contributed by atoms with E-state index < -0.39 is 0 Å². The second-order valence-electron chi connectivity index (χ2n) is 2.93. The first-order valence-corrected chi connectivity index (χ1v) is 4.42. The van der Waals surface area contributed by atoms with Crippen LogP contribution in [0, 0.1) is 5.92 Å². The maximum atomic E-state index is 10.7. The fourth-order valence-corrected chi connectivity index (χ4v) is 1.06. The fourth-order valence-electron chi connectivity index (χ4n) is 1.06. The lowest BCUT2D eigenvalue weighted by Gasteiger charge is -2.09. The molecule has 0 aromatic heterocycles. The van der Waals surface area contributed by atoms with Crippen molar-refractivity contribution in [2.45, 2.75) is 32.6 Å². The zero-order valence-corrected chi connectivity index (χ0v) is 7.88. The van der Waals surface area contributed by atoms with Crippen molar-refractivity contribution in [3.05, 3.63) is 0 Å². The number of ether oxygens (including phenoxy) is 1. The van der Waals surface area contributed by atoms with Crippen LogP contribution in [0.15, 0.2) is 0 Å². The van der Waals surface area contributed by atoms with Crippen molar-refractivity contribution in [2.24, 2.45) is 5.92 Å². The molecular weight excluding hydrogens is 156 g/mol. The van der Waals surface area contributed by atoms with Crippen LogP contribution in [0.3, 0.4) is 0 Å². The molecule has 0 aliphatic carbocycles. The molecule has 0 rings (SSSR count). The van der Waals surface area contributed by atoms with Gasteiger partial charge in [-0.25, -0.2) is 0 Å². The van der Waals surface area contributed by atoms with E-state index in [1.807, 2.05) is 6.92 Å². The van der Waals surface area contributed by atoms with Gasteiger partial charge in [0.25, 0.3) is 0 Å². The van der Waals surface area contributed by atoms with Gasteiger partial charge in [-0.05, 0) is 18.8 Å². The average Bonchev–Trinajstić information content (AvgIpc) is 2.12. The zero-order valence-electron chi connectivity index (χ0n) is 7.88. The number of carbonyl (C=O) groups excluding carboxylic acids is 1. The maximum absolute atomic E-state index is 10.7. The first-order valence-electron chi connectivity index (χ1n) is 4.42. The van der Waals surface area contributed by atoms with Gasteiger partial charge in [0, 0.05) is 13.0 Å². The van der Waals surface area contributed by atoms with E-state index in [9.17, 15) is 4.79 Å². The monoisotopic (exact) mass is 174 g/mol. The van der Waals surface area contributed by atoms with Gasteiger partial charge in [-0.1, -0.05) is 13.3 Å². The highest BCUT2D eigenvalue weighted by Crippen LogP contribution is 2.11. The van der Waals surface area contributed by atoms with Gasteiger partial charge >= 0.3 is 5.97 Å². The minimum absolute atomic E-state index is 0.164. The van der Waals surface area contributed by atoms with E-state index in [-0.39, 0.29) is 12.6 Å². The molecule has 1 atom stereocenters. The summed E-state index contributed by atoms with van der Waals surface area (Å²) in [6.45, 7) is 2.26. The molecular formula is C9H18O3. The Hall–Kier alpha value is -0.570. The summed E-state index contributed by atoms with van der Waals surface area (Å²) in [5.41, 5.74) is 0. The first kappa shape index (κ1) is 11.4. The lowest BCUT2D eigenvalue weighted by Crippen LogP contribution is -2.06. The van der Waals surface area contributed by atoms with Gasteiger partial charge in [0.05, 0.1) is 7.11 Å². The Labute approximate surface area is 73.7 Å². The van der Waals surface area contributed by atoms with Crippen molar-refractivity contribution in [3.63, 3.8) is 0 Å². The van der Waals surface area contributed by atoms with Crippen LogP contribution in [0.2, 0.25) is 0 Å². The fraction of sp³-hybridized carbons (Fsp3) is 0.889. The molecule has 0 spiro atoms. The van der Waals surface area contributed by atoms with Gasteiger partial charge in [0.2, 0.25) is 0 Å². The summed E-state index contributed by atoms with van der Waals surface area (Å²) in [4.78, 5) is 10.7. The van der Waals surface area contributed by atoms with Crippen molar-refractivity contribution >= 4 is 5.97 Å². The van der Waals surface area contributed by atoms with Gasteiger partial charge in [-0.2, -0.15) is 0 Å². The van der Waals surface area contributed by atoms with E-state index in [0.717, 1.165) is 19.3 Å². The summed E-state index contributed by atoms with van der Waals surface area (Å²) in [6, 6.07) is 0. The molecule has 3 nitrogen and oxygen atoms in total. The number of methoxy groups -OCH3 is 1. The van der Waals surface area contributed by atoms with Crippen molar-refractivity contribution in [1.82, 2.24) is 0 Å². The molecule has 72 valence electrons. The Morgan fingerprint density at radius 3 is 2.67 bits per heavy atom. The summed E-state index contributed by atoms with van der Waals surface area (Å²) in [5.74, 6) is 0.178. The SMILES string of the molecule is CC[C@H](CO)CCCC(=O)OC. The Balaban J connectivity index is 3.34. The molecule has 0 radical (unpaired) electrons. The number of carbonyl (C=O) groups is 1. The van der Waals surface area contributed by atoms with Crippen molar-refractivity contribution in [3.8, 4) is 0 Å². The molecule has 0 fully saturated rings. The molecule has 0 aliphatic rings. The lowest BCUT2D eigenvalue weighted by molar-refractivity contribution is -0.140. The third-order valence-corrected chi connectivity index (χ3v) is 2.06. The number of hydrogen-bond donors (Lipinski definition) is 1. The van der Waals surface area contributed by atoms with Crippen LogP contribution in [0.25, 0.3) is 0 Å². The van der Waals surface area contributed by atoms with E-state index in [4.69, 9.17) is 5.11 Å². The van der Waals surface area contributed by atoms with Gasteiger partial charge < -0.3 is 9.84 Å². The quantitative estimate of drug-likeness (QED) is 0.618. The Kier molecular flexibility index (Phi) is 6.76. The van der Waals surface area contributed by atoms with Crippen LogP contribution in [-0.4, -0.2) is 24.8 Å². The second kappa shape index (κ2) is 7.10. The van der Waals surface area contributed by atoms with E-state index in [1.165, 1.54) is 7.11 Å². The van der Waals surface area contributed by atoms with Gasteiger partial charge in [0.1, 0.15) is 0 Å². The van der Waals surface area contributed by atoms with Crippen molar-refractivity contribution in [1.29, 1.82) is 0 Å². The molecule has 0 heterocycles. The summed E-state index contributed by atoms with van der Waals surface area (Å²) in [6.07, 6.45) is 3.15. The molecule has 0 amide bonds. The predicted molar refractivity (Wildman–Crippen MR) is 46.7 cm³/mol. The molecule has 0 saturated carbocycles. The number of hydrogen-bond acceptors (Lipinski definition) is 3. The van der Waals surface area contributed by atoms with Crippen LogP contribution in [0.4, 0.5) is 0 Å².